The van der Waals surface area contributed by atoms with E-state index >= 15 is 0 Å². The Balaban J connectivity index is 0.000000350. The third-order valence-electron chi connectivity index (χ3n) is 10.2. The molecular formula is C49H63Cl3N4S. The molecule has 5 rings (SSSR count). The molecule has 3 aromatic carbocycles. The van der Waals surface area contributed by atoms with Crippen LogP contribution in [-0.2, 0) is 10.8 Å². The van der Waals surface area contributed by atoms with Crippen LogP contribution in [-0.4, -0.2) is 0 Å². The van der Waals surface area contributed by atoms with Crippen LogP contribution in [0.5, 0.6) is 0 Å². The molecule has 306 valence electrons. The average molecular weight is 846 g/mol. The Morgan fingerprint density at radius 1 is 0.614 bits per heavy atom. The molecule has 1 fully saturated rings. The van der Waals surface area contributed by atoms with Crippen LogP contribution in [0.25, 0.3) is 18.7 Å². The number of halogens is 3. The fraction of sp³-hybridized carbons (Fsp3) is 0.429. The molecule has 0 spiro atoms. The zero-order valence-corrected chi connectivity index (χ0v) is 39.4. The van der Waals surface area contributed by atoms with E-state index in [2.05, 4.69) is 143 Å². The molecule has 0 amide bonds. The summed E-state index contributed by atoms with van der Waals surface area (Å²) in [5.74, 6) is 1.05. The number of benzene rings is 3. The number of nitrogens with zero attached hydrogens (tertiary/aromatic N) is 2. The highest BCUT2D eigenvalue weighted by Crippen LogP contribution is 2.51. The Hall–Kier alpha value is -3.35. The van der Waals surface area contributed by atoms with Crippen molar-refractivity contribution in [1.82, 2.24) is 0 Å². The highest BCUT2D eigenvalue weighted by atomic mass is 35.5. The van der Waals surface area contributed by atoms with Gasteiger partial charge in [0.1, 0.15) is 0 Å². The smallest absolute Gasteiger partial charge is 0.0879 e. The standard InChI is InChI=1S/C36H52S.C7H7ClN2.C6H4Cl2N2/c1-23-29(33(3,4)5)19-25(20-30(23)34(6,7)8)17-27-15-16-28(37-27)18-26-21-31(35(9,10)11)24(2)32(22-26)36(12,13)14;1-5-2-6(8)4-7(3-5)10-9;7-4-1-5(8)3-6(2-4)10-9/h15-20,31-32H,1-2,21-22H2,3-14H3;2-4,9H,1H3;1-3,9H. The van der Waals surface area contributed by atoms with Crippen molar-refractivity contribution in [3.05, 3.63) is 130 Å². The lowest BCUT2D eigenvalue weighted by molar-refractivity contribution is 0.180. The number of thiophene rings is 1. The van der Waals surface area contributed by atoms with Gasteiger partial charge in [-0.2, -0.15) is 10.2 Å². The molecule has 0 saturated heterocycles. The second kappa shape index (κ2) is 19.1. The van der Waals surface area contributed by atoms with E-state index < -0.39 is 0 Å². The molecule has 0 bridgehead atoms. The van der Waals surface area contributed by atoms with E-state index in [9.17, 15) is 0 Å². The van der Waals surface area contributed by atoms with Crippen molar-refractivity contribution >= 4 is 76.2 Å². The minimum Gasteiger partial charge on any atom is -0.204 e. The monoisotopic (exact) mass is 844 g/mol. The molecule has 1 heterocycles. The van der Waals surface area contributed by atoms with Gasteiger partial charge in [-0.05, 0) is 141 Å². The summed E-state index contributed by atoms with van der Waals surface area (Å²) in [5.41, 5.74) is 21.7. The van der Waals surface area contributed by atoms with E-state index in [0.717, 1.165) is 18.4 Å². The quantitative estimate of drug-likeness (QED) is 0.152. The fourth-order valence-corrected chi connectivity index (χ4v) is 9.11. The van der Waals surface area contributed by atoms with E-state index in [4.69, 9.17) is 45.9 Å². The molecule has 1 aliphatic carbocycles. The fourth-order valence-electron chi connectivity index (χ4n) is 7.35. The third-order valence-corrected chi connectivity index (χ3v) is 11.9. The minimum absolute atomic E-state index is 0.0597. The van der Waals surface area contributed by atoms with Crippen LogP contribution in [0.1, 0.15) is 122 Å². The van der Waals surface area contributed by atoms with Crippen LogP contribution >= 0.6 is 46.1 Å². The van der Waals surface area contributed by atoms with Crippen LogP contribution in [0.3, 0.4) is 0 Å². The van der Waals surface area contributed by atoms with Gasteiger partial charge in [0.05, 0.1) is 11.4 Å². The lowest BCUT2D eigenvalue weighted by atomic mass is 9.59. The van der Waals surface area contributed by atoms with E-state index in [1.165, 1.54) is 36.9 Å². The van der Waals surface area contributed by atoms with Gasteiger partial charge in [-0.1, -0.05) is 154 Å². The second-order valence-corrected chi connectivity index (χ2v) is 21.9. The Bertz CT molecular complexity index is 2050. The van der Waals surface area contributed by atoms with Crippen LogP contribution in [0.4, 0.5) is 11.4 Å². The van der Waals surface area contributed by atoms with Gasteiger partial charge in [-0.15, -0.1) is 11.3 Å². The third kappa shape index (κ3) is 14.2. The number of allylic oxidation sites excluding steroid dienone is 2. The van der Waals surface area contributed by atoms with E-state index in [1.807, 2.05) is 24.3 Å². The first-order chi connectivity index (χ1) is 26.1. The first-order valence-electron chi connectivity index (χ1n) is 19.4. The molecular weight excluding hydrogens is 783 g/mol. The number of rotatable bonds is 4. The Morgan fingerprint density at radius 3 is 1.40 bits per heavy atom. The average Bonchev–Trinajstić information content (AvgIpc) is 3.50. The van der Waals surface area contributed by atoms with Gasteiger partial charge >= 0.3 is 0 Å². The molecule has 57 heavy (non-hydrogen) atoms. The maximum absolute atomic E-state index is 6.70. The number of hydrogen-bond donors (Lipinski definition) is 2. The summed E-state index contributed by atoms with van der Waals surface area (Å²) in [6.07, 6.45) is 7.09. The van der Waals surface area contributed by atoms with Crippen molar-refractivity contribution in [3.63, 3.8) is 0 Å². The molecule has 1 saturated carbocycles. The molecule has 2 unspecified atom stereocenters. The van der Waals surface area contributed by atoms with Gasteiger partial charge in [0.2, 0.25) is 0 Å². The van der Waals surface area contributed by atoms with Crippen LogP contribution in [0.15, 0.2) is 88.6 Å². The summed E-state index contributed by atoms with van der Waals surface area (Å²) >= 11 is 18.8. The molecule has 4 nitrogen and oxygen atoms in total. The first kappa shape index (κ1) is 48.0. The highest BCUT2D eigenvalue weighted by Gasteiger charge is 2.40. The van der Waals surface area contributed by atoms with Crippen LogP contribution in [0, 0.1) is 40.7 Å². The maximum atomic E-state index is 6.70. The molecule has 1 aliphatic rings. The van der Waals surface area contributed by atoms with Gasteiger partial charge in [0.25, 0.3) is 0 Å². The topological polar surface area (TPSA) is 72.4 Å². The maximum Gasteiger partial charge on any atom is 0.0879 e. The molecule has 0 aliphatic heterocycles. The summed E-state index contributed by atoms with van der Waals surface area (Å²) in [7, 11) is 0. The van der Waals surface area contributed by atoms with Crippen molar-refractivity contribution in [2.75, 3.05) is 0 Å². The predicted molar refractivity (Wildman–Crippen MR) is 251 cm³/mol. The van der Waals surface area contributed by atoms with Gasteiger partial charge < -0.3 is 0 Å². The molecule has 2 atom stereocenters. The number of hydrogen-bond acceptors (Lipinski definition) is 5. The van der Waals surface area contributed by atoms with Gasteiger partial charge in [-0.25, -0.2) is 11.1 Å². The highest BCUT2D eigenvalue weighted by molar-refractivity contribution is 7.13. The summed E-state index contributed by atoms with van der Waals surface area (Å²) in [6.45, 7) is 39.0. The van der Waals surface area contributed by atoms with Crippen molar-refractivity contribution in [3.8, 4) is 0 Å². The predicted octanol–water partition coefficient (Wildman–Crippen LogP) is 16.6. The zero-order valence-electron chi connectivity index (χ0n) is 36.3. The van der Waals surface area contributed by atoms with Gasteiger partial charge in [0, 0.05) is 24.8 Å². The van der Waals surface area contributed by atoms with Gasteiger partial charge in [0.15, 0.2) is 0 Å². The molecule has 8 heteroatoms. The lowest BCUT2D eigenvalue weighted by Crippen LogP contribution is -2.35. The number of nitrogens with one attached hydrogen (secondary N) is 2. The molecule has 4 aromatic rings. The van der Waals surface area contributed by atoms with E-state index in [1.54, 1.807) is 35.9 Å². The second-order valence-electron chi connectivity index (χ2n) is 19.4. The molecule has 1 aromatic heterocycles. The number of aryl methyl sites for hydroxylation is 1. The van der Waals surface area contributed by atoms with E-state index in [-0.39, 0.29) is 21.7 Å². The molecule has 2 N–H and O–H groups in total. The summed E-state index contributed by atoms with van der Waals surface area (Å²) in [5, 5.41) is 10.5. The summed E-state index contributed by atoms with van der Waals surface area (Å²) < 4.78 is 0. The van der Waals surface area contributed by atoms with E-state index in [0.29, 0.717) is 38.3 Å². The van der Waals surface area contributed by atoms with Crippen molar-refractivity contribution in [2.45, 2.75) is 114 Å². The lowest BCUT2D eigenvalue weighted by Gasteiger charge is -2.45. The van der Waals surface area contributed by atoms with Gasteiger partial charge in [-0.3, -0.25) is 0 Å². The summed E-state index contributed by atoms with van der Waals surface area (Å²) in [4.78, 5) is 2.67. The van der Waals surface area contributed by atoms with Crippen molar-refractivity contribution in [1.29, 1.82) is 11.1 Å². The minimum atomic E-state index is 0.0597. The molecule has 0 radical (unpaired) electrons. The Labute approximate surface area is 362 Å². The Kier molecular flexibility index (Phi) is 16.1. The largest absolute Gasteiger partial charge is 0.204 e. The SMILES string of the molecule is C=C1C(C(C)(C)C)CC(=Cc2ccc(C=c3cc(C(C)(C)C)c(=C)c(C(C)(C)C)c3)s2)CC1C(C)(C)C.Cc1cc(Cl)cc(N=N)c1.N=Nc1cc(Cl)cc(Cl)c1. The van der Waals surface area contributed by atoms with Crippen molar-refractivity contribution < 1.29 is 0 Å². The van der Waals surface area contributed by atoms with Crippen LogP contribution in [0.2, 0.25) is 15.1 Å². The first-order valence-corrected chi connectivity index (χ1v) is 21.4. The normalized spacial score (nSPS) is 16.1. The van der Waals surface area contributed by atoms with Crippen LogP contribution < -0.4 is 10.4 Å². The zero-order chi connectivity index (χ0) is 43.3. The summed E-state index contributed by atoms with van der Waals surface area (Å²) in [6, 6.07) is 19.3. The van der Waals surface area contributed by atoms with Crippen molar-refractivity contribution in [2.24, 2.45) is 32.9 Å². The Morgan fingerprint density at radius 2 is 1.02 bits per heavy atom.